The van der Waals surface area contributed by atoms with Gasteiger partial charge in [-0.15, -0.1) is 16.0 Å². The Morgan fingerprint density at radius 3 is 2.76 bits per heavy atom. The molecule has 0 fully saturated rings. The maximum Gasteiger partial charge on any atom is 0.412 e. The Labute approximate surface area is 239 Å². The first-order valence-electron chi connectivity index (χ1n) is 12.7. The van der Waals surface area contributed by atoms with Crippen LogP contribution >= 0.6 is 11.3 Å². The van der Waals surface area contributed by atoms with Crippen molar-refractivity contribution in [1.29, 1.82) is 5.26 Å². The maximum atomic E-state index is 15.1. The topological polar surface area (TPSA) is 128 Å². The molecule has 4 aromatic rings. The number of ether oxygens (including phenoxy) is 1. The molecule has 2 aromatic carbocycles. The third kappa shape index (κ3) is 6.91. The van der Waals surface area contributed by atoms with Crippen LogP contribution in [0.2, 0.25) is 0 Å². The van der Waals surface area contributed by atoms with E-state index < -0.39 is 29.2 Å². The molecule has 2 atom stereocenters. The van der Waals surface area contributed by atoms with Crippen molar-refractivity contribution in [3.05, 3.63) is 88.3 Å². The van der Waals surface area contributed by atoms with E-state index in [2.05, 4.69) is 16.2 Å². The number of rotatable bonds is 11. The molecule has 10 nitrogen and oxygen atoms in total. The summed E-state index contributed by atoms with van der Waals surface area (Å²) in [5.41, 5.74) is -0.334. The first kappa shape index (κ1) is 29.7. The first-order valence-corrected chi connectivity index (χ1v) is 13.6. The molecule has 13 heteroatoms. The molecule has 0 aliphatic heterocycles. The van der Waals surface area contributed by atoms with Gasteiger partial charge in [0.2, 0.25) is 13.1 Å². The van der Waals surface area contributed by atoms with Gasteiger partial charge in [0.25, 0.3) is 6.33 Å². The van der Waals surface area contributed by atoms with Crippen LogP contribution in [0, 0.1) is 23.0 Å². The van der Waals surface area contributed by atoms with Crippen LogP contribution in [0.1, 0.15) is 35.4 Å². The molecule has 2 aromatic heterocycles. The van der Waals surface area contributed by atoms with Crippen LogP contribution in [-0.4, -0.2) is 56.2 Å². The number of thiazole rings is 1. The Morgan fingerprint density at radius 2 is 2.05 bits per heavy atom. The van der Waals surface area contributed by atoms with Gasteiger partial charge in [-0.2, -0.15) is 5.26 Å². The fourth-order valence-electron chi connectivity index (χ4n) is 4.22. The van der Waals surface area contributed by atoms with Crippen molar-refractivity contribution < 1.29 is 33.1 Å². The van der Waals surface area contributed by atoms with Gasteiger partial charge in [-0.1, -0.05) is 19.1 Å². The molecule has 214 valence electrons. The summed E-state index contributed by atoms with van der Waals surface area (Å²) in [7, 11) is 1.55. The zero-order valence-electron chi connectivity index (χ0n) is 22.4. The summed E-state index contributed by atoms with van der Waals surface area (Å²) < 4.78 is 37.4. The molecule has 0 unspecified atom stereocenters. The average Bonchev–Trinajstić information content (AvgIpc) is 3.65. The summed E-state index contributed by atoms with van der Waals surface area (Å²) >= 11 is 1.26. The number of halogens is 2. The number of carbonyl (C=O) groups excluding carboxylic acids is 1. The van der Waals surface area contributed by atoms with Crippen LogP contribution in [0.25, 0.3) is 11.3 Å². The standard InChI is InChI=1S/C28H29F2N6O4S/c1-19(26-33-25(14-41-26)21-6-4-20(13-31)5-7-21)28(39,23-12-22(29)8-9-24(23)30)15-36-17-35(16-32-36)18-40-27(38)34(2)10-3-11-37/h4-9,12,14,16-17,19,37,39H,3,10-11,15,18H2,1-2H3/q+1/t19-,28+/m0/s1. The van der Waals surface area contributed by atoms with Crippen LogP contribution in [0.15, 0.2) is 60.5 Å². The highest BCUT2D eigenvalue weighted by atomic mass is 32.1. The van der Waals surface area contributed by atoms with Crippen LogP contribution < -0.4 is 4.57 Å². The number of carbonyl (C=O) groups is 1. The summed E-state index contributed by atoms with van der Waals surface area (Å²) in [6.45, 7) is 1.51. The van der Waals surface area contributed by atoms with E-state index in [1.54, 1.807) is 43.6 Å². The minimum Gasteiger partial charge on any atom is -0.415 e. The summed E-state index contributed by atoms with van der Waals surface area (Å²) in [6.07, 6.45) is 2.67. The smallest absolute Gasteiger partial charge is 0.412 e. The zero-order chi connectivity index (χ0) is 29.6. The van der Waals surface area contributed by atoms with Crippen molar-refractivity contribution in [3.63, 3.8) is 0 Å². The molecule has 0 spiro atoms. The molecule has 0 aliphatic carbocycles. The highest BCUT2D eigenvalue weighted by molar-refractivity contribution is 7.10. The number of hydrogen-bond acceptors (Lipinski definition) is 8. The molecule has 0 bridgehead atoms. The lowest BCUT2D eigenvalue weighted by molar-refractivity contribution is -0.728. The van der Waals surface area contributed by atoms with Gasteiger partial charge in [-0.3, -0.25) is 0 Å². The zero-order valence-corrected chi connectivity index (χ0v) is 23.3. The summed E-state index contributed by atoms with van der Waals surface area (Å²) in [5.74, 6) is -2.30. The van der Waals surface area contributed by atoms with Gasteiger partial charge in [-0.25, -0.2) is 23.1 Å². The lowest BCUT2D eigenvalue weighted by Crippen LogP contribution is -2.40. The van der Waals surface area contributed by atoms with Gasteiger partial charge in [-0.05, 0) is 36.8 Å². The Balaban J connectivity index is 1.59. The van der Waals surface area contributed by atoms with Crippen molar-refractivity contribution in [2.75, 3.05) is 20.2 Å². The quantitative estimate of drug-likeness (QED) is 0.259. The van der Waals surface area contributed by atoms with Crippen LogP contribution in [-0.2, 0) is 23.6 Å². The second-order valence-electron chi connectivity index (χ2n) is 9.53. The van der Waals surface area contributed by atoms with Crippen molar-refractivity contribution in [1.82, 2.24) is 19.7 Å². The minimum atomic E-state index is -1.98. The van der Waals surface area contributed by atoms with Crippen molar-refractivity contribution in [2.45, 2.75) is 38.1 Å². The molecular formula is C28H29F2N6O4S+. The van der Waals surface area contributed by atoms with Gasteiger partial charge < -0.3 is 19.8 Å². The monoisotopic (exact) mass is 583 g/mol. The molecule has 2 heterocycles. The lowest BCUT2D eigenvalue weighted by Gasteiger charge is -2.32. The second kappa shape index (κ2) is 12.9. The van der Waals surface area contributed by atoms with Crippen LogP contribution in [0.4, 0.5) is 13.6 Å². The predicted octanol–water partition coefficient (Wildman–Crippen LogP) is 3.54. The SMILES string of the molecule is C[C@@H](c1nc(-c2ccc(C#N)cc2)cs1)[C@](O)(Cn1c[n+](COC(=O)N(C)CCCO)cn1)c1cc(F)ccc1F. The maximum absolute atomic E-state index is 15.1. The van der Waals surface area contributed by atoms with Gasteiger partial charge in [0, 0.05) is 47.7 Å². The Kier molecular flexibility index (Phi) is 9.38. The normalized spacial score (nSPS) is 13.3. The lowest BCUT2D eigenvalue weighted by atomic mass is 9.82. The van der Waals surface area contributed by atoms with E-state index in [0.717, 1.165) is 23.8 Å². The average molecular weight is 584 g/mol. The Hall–Kier alpha value is -4.25. The van der Waals surface area contributed by atoms with E-state index in [1.807, 2.05) is 0 Å². The van der Waals surface area contributed by atoms with Crippen molar-refractivity contribution in [3.8, 4) is 17.3 Å². The summed E-state index contributed by atoms with van der Waals surface area (Å²) in [4.78, 5) is 18.1. The number of nitrogens with zero attached hydrogens (tertiary/aromatic N) is 6. The number of hydrogen-bond donors (Lipinski definition) is 2. The second-order valence-corrected chi connectivity index (χ2v) is 10.4. The number of benzene rings is 2. The van der Waals surface area contributed by atoms with E-state index in [-0.39, 0.29) is 25.4 Å². The van der Waals surface area contributed by atoms with Gasteiger partial charge in [0.1, 0.15) is 23.8 Å². The predicted molar refractivity (Wildman–Crippen MR) is 144 cm³/mol. The number of aliphatic hydroxyl groups excluding tert-OH is 1. The van der Waals surface area contributed by atoms with Gasteiger partial charge in [0.05, 0.1) is 22.3 Å². The third-order valence-electron chi connectivity index (χ3n) is 6.65. The van der Waals surface area contributed by atoms with Gasteiger partial charge in [0.15, 0.2) is 0 Å². The van der Waals surface area contributed by atoms with E-state index >= 15 is 4.39 Å². The number of nitriles is 1. The number of aromatic nitrogens is 4. The van der Waals surface area contributed by atoms with E-state index in [4.69, 9.17) is 15.1 Å². The van der Waals surface area contributed by atoms with Crippen molar-refractivity contribution in [2.24, 2.45) is 0 Å². The molecule has 2 N–H and O–H groups in total. The highest BCUT2D eigenvalue weighted by Crippen LogP contribution is 2.41. The molecule has 41 heavy (non-hydrogen) atoms. The van der Waals surface area contributed by atoms with E-state index in [1.165, 1.54) is 38.1 Å². The van der Waals surface area contributed by atoms with E-state index in [0.29, 0.717) is 29.2 Å². The minimum absolute atomic E-state index is 0.0515. The number of amides is 1. The molecule has 0 aliphatic rings. The van der Waals surface area contributed by atoms with Gasteiger partial charge >= 0.3 is 6.09 Å². The molecule has 1 amide bonds. The molecule has 0 radical (unpaired) electrons. The largest absolute Gasteiger partial charge is 0.415 e. The summed E-state index contributed by atoms with van der Waals surface area (Å²) in [5, 5.41) is 36.5. The van der Waals surface area contributed by atoms with Crippen LogP contribution in [0.5, 0.6) is 0 Å². The Bertz CT molecular complexity index is 1540. The number of aliphatic hydroxyl groups is 2. The molecule has 0 saturated carbocycles. The first-order chi connectivity index (χ1) is 19.6. The Morgan fingerprint density at radius 1 is 1.29 bits per heavy atom. The third-order valence-corrected chi connectivity index (χ3v) is 7.67. The highest BCUT2D eigenvalue weighted by Gasteiger charge is 2.43. The fourth-order valence-corrected chi connectivity index (χ4v) is 5.19. The molecular weight excluding hydrogens is 554 g/mol. The van der Waals surface area contributed by atoms with Crippen LogP contribution in [0.3, 0.4) is 0 Å². The molecule has 4 rings (SSSR count). The molecule has 0 saturated heterocycles. The fraction of sp³-hybridized carbons (Fsp3) is 0.321. The summed E-state index contributed by atoms with van der Waals surface area (Å²) in [6, 6.07) is 11.8. The van der Waals surface area contributed by atoms with Crippen molar-refractivity contribution >= 4 is 17.4 Å². The van der Waals surface area contributed by atoms with E-state index in [9.17, 15) is 14.3 Å².